The Balaban J connectivity index is 0. The molecule has 0 unspecified atom stereocenters. The predicted octanol–water partition coefficient (Wildman–Crippen LogP) is 1.87. The zero-order valence-corrected chi connectivity index (χ0v) is 9.96. The highest BCUT2D eigenvalue weighted by atomic mass is 16.1. The van der Waals surface area contributed by atoms with Crippen molar-refractivity contribution in [3.8, 4) is 0 Å². The average molecular weight is 199 g/mol. The predicted molar refractivity (Wildman–Crippen MR) is 61.7 cm³/mol. The Hall–Kier alpha value is -1.32. The molecule has 1 heterocycles. The minimum absolute atomic E-state index is 0.244. The molecule has 0 saturated carbocycles. The molecule has 0 spiro atoms. The molecule has 4 nitrogen and oxygen atoms in total. The third kappa shape index (κ3) is 5.35. The molecule has 14 heavy (non-hydrogen) atoms. The molecule has 1 aromatic rings. The lowest BCUT2D eigenvalue weighted by atomic mass is 10.6. The van der Waals surface area contributed by atoms with Gasteiger partial charge in [-0.1, -0.05) is 27.7 Å². The monoisotopic (exact) mass is 199 g/mol. The third-order valence-corrected chi connectivity index (χ3v) is 1.23. The summed E-state index contributed by atoms with van der Waals surface area (Å²) in [6.45, 7) is 8.00. The Morgan fingerprint density at radius 1 is 1.29 bits per heavy atom. The van der Waals surface area contributed by atoms with Gasteiger partial charge in [-0.15, -0.1) is 0 Å². The van der Waals surface area contributed by atoms with Crippen molar-refractivity contribution in [2.75, 3.05) is 12.4 Å². The number of hydrogen-bond donors (Lipinski definition) is 1. The summed E-state index contributed by atoms with van der Waals surface area (Å²) >= 11 is 0. The lowest BCUT2D eigenvalue weighted by molar-refractivity contribution is 0.812. The van der Waals surface area contributed by atoms with Gasteiger partial charge >= 0.3 is 5.69 Å². The van der Waals surface area contributed by atoms with Crippen molar-refractivity contribution in [2.45, 2.75) is 27.7 Å². The van der Waals surface area contributed by atoms with E-state index in [1.165, 1.54) is 4.57 Å². The first-order chi connectivity index (χ1) is 6.74. The van der Waals surface area contributed by atoms with E-state index in [1.807, 2.05) is 27.7 Å². The normalized spacial score (nSPS) is 7.57. The maximum absolute atomic E-state index is 10.8. The molecule has 82 valence electrons. The molecule has 4 heteroatoms. The van der Waals surface area contributed by atoms with Crippen LogP contribution in [0.3, 0.4) is 0 Å². The van der Waals surface area contributed by atoms with Crippen LogP contribution in [0.15, 0.2) is 17.1 Å². The SMILES string of the molecule is CC.CC.CNc1ccn(C)c(=O)n1. The molecule has 0 aliphatic carbocycles. The average Bonchev–Trinajstić information content (AvgIpc) is 2.28. The van der Waals surface area contributed by atoms with Crippen molar-refractivity contribution in [1.29, 1.82) is 0 Å². The molecule has 0 aliphatic rings. The summed E-state index contributed by atoms with van der Waals surface area (Å²) in [4.78, 5) is 14.5. The zero-order valence-electron chi connectivity index (χ0n) is 9.96. The van der Waals surface area contributed by atoms with Crippen molar-refractivity contribution in [3.05, 3.63) is 22.7 Å². The van der Waals surface area contributed by atoms with Crippen LogP contribution in [0.25, 0.3) is 0 Å². The second-order valence-corrected chi connectivity index (χ2v) is 1.96. The zero-order chi connectivity index (χ0) is 11.6. The quantitative estimate of drug-likeness (QED) is 0.751. The van der Waals surface area contributed by atoms with E-state index >= 15 is 0 Å². The van der Waals surface area contributed by atoms with Gasteiger partial charge in [0.25, 0.3) is 0 Å². The van der Waals surface area contributed by atoms with E-state index in [9.17, 15) is 4.79 Å². The molecule has 0 aliphatic heterocycles. The number of aryl methyl sites for hydroxylation is 1. The van der Waals surface area contributed by atoms with Gasteiger partial charge in [-0.05, 0) is 6.07 Å². The summed E-state index contributed by atoms with van der Waals surface area (Å²) in [6.07, 6.45) is 1.67. The van der Waals surface area contributed by atoms with Gasteiger partial charge in [0.2, 0.25) is 0 Å². The second kappa shape index (κ2) is 9.77. The molecule has 0 saturated heterocycles. The summed E-state index contributed by atoms with van der Waals surface area (Å²) < 4.78 is 1.42. The van der Waals surface area contributed by atoms with Crippen LogP contribution in [-0.2, 0) is 7.05 Å². The topological polar surface area (TPSA) is 46.9 Å². The van der Waals surface area contributed by atoms with Gasteiger partial charge in [0.15, 0.2) is 0 Å². The van der Waals surface area contributed by atoms with Gasteiger partial charge in [-0.2, -0.15) is 4.98 Å². The summed E-state index contributed by atoms with van der Waals surface area (Å²) in [5.74, 6) is 0.600. The van der Waals surface area contributed by atoms with Gasteiger partial charge in [-0.25, -0.2) is 4.79 Å². The third-order valence-electron chi connectivity index (χ3n) is 1.23. The van der Waals surface area contributed by atoms with E-state index in [0.717, 1.165) is 0 Å². The van der Waals surface area contributed by atoms with Crippen LogP contribution in [-0.4, -0.2) is 16.6 Å². The van der Waals surface area contributed by atoms with Gasteiger partial charge in [0, 0.05) is 20.3 Å². The lowest BCUT2D eigenvalue weighted by Crippen LogP contribution is -2.19. The maximum Gasteiger partial charge on any atom is 0.349 e. The highest BCUT2D eigenvalue weighted by Crippen LogP contribution is 1.92. The molecule has 0 fully saturated rings. The van der Waals surface area contributed by atoms with Crippen molar-refractivity contribution in [3.63, 3.8) is 0 Å². The van der Waals surface area contributed by atoms with Crippen LogP contribution >= 0.6 is 0 Å². The fourth-order valence-electron chi connectivity index (χ4n) is 0.605. The molecular formula is C10H21N3O. The Morgan fingerprint density at radius 2 is 1.79 bits per heavy atom. The molecule has 0 amide bonds. The minimum Gasteiger partial charge on any atom is -0.373 e. The number of anilines is 1. The molecule has 1 aromatic heterocycles. The van der Waals surface area contributed by atoms with E-state index in [1.54, 1.807) is 26.4 Å². The molecule has 0 radical (unpaired) electrons. The van der Waals surface area contributed by atoms with Crippen LogP contribution in [0.5, 0.6) is 0 Å². The lowest BCUT2D eigenvalue weighted by Gasteiger charge is -1.97. The highest BCUT2D eigenvalue weighted by Gasteiger charge is 1.91. The molecule has 0 aromatic carbocycles. The summed E-state index contributed by atoms with van der Waals surface area (Å²) in [6, 6.07) is 1.74. The number of rotatable bonds is 1. The Bertz CT molecular complexity index is 281. The van der Waals surface area contributed by atoms with E-state index in [2.05, 4.69) is 10.3 Å². The standard InChI is InChI=1S/C6H9N3O.2C2H6/c1-7-5-3-4-9(2)6(10)8-5;2*1-2/h3-4H,1-2H3,(H,7,8,10);2*1-2H3. The van der Waals surface area contributed by atoms with Crippen LogP contribution in [0.2, 0.25) is 0 Å². The molecule has 0 atom stereocenters. The second-order valence-electron chi connectivity index (χ2n) is 1.96. The van der Waals surface area contributed by atoms with Crippen LogP contribution in [0.1, 0.15) is 27.7 Å². The van der Waals surface area contributed by atoms with Gasteiger partial charge in [0.1, 0.15) is 5.82 Å². The first-order valence-corrected chi connectivity index (χ1v) is 4.95. The summed E-state index contributed by atoms with van der Waals surface area (Å²) in [7, 11) is 3.39. The maximum atomic E-state index is 10.8. The Morgan fingerprint density at radius 3 is 2.14 bits per heavy atom. The minimum atomic E-state index is -0.244. The van der Waals surface area contributed by atoms with Crippen molar-refractivity contribution in [1.82, 2.24) is 9.55 Å². The fraction of sp³-hybridized carbons (Fsp3) is 0.600. The summed E-state index contributed by atoms with van der Waals surface area (Å²) in [5, 5.41) is 2.77. The van der Waals surface area contributed by atoms with Gasteiger partial charge < -0.3 is 9.88 Å². The molecule has 1 N–H and O–H groups in total. The van der Waals surface area contributed by atoms with Crippen LogP contribution in [0.4, 0.5) is 5.82 Å². The number of aromatic nitrogens is 2. The molecule has 0 bridgehead atoms. The van der Waals surface area contributed by atoms with Crippen LogP contribution < -0.4 is 11.0 Å². The van der Waals surface area contributed by atoms with E-state index < -0.39 is 0 Å². The molecule has 1 rings (SSSR count). The van der Waals surface area contributed by atoms with E-state index in [-0.39, 0.29) is 5.69 Å². The fourth-order valence-corrected chi connectivity index (χ4v) is 0.605. The largest absolute Gasteiger partial charge is 0.373 e. The van der Waals surface area contributed by atoms with Crippen molar-refractivity contribution in [2.24, 2.45) is 7.05 Å². The highest BCUT2D eigenvalue weighted by molar-refractivity contribution is 5.30. The first-order valence-electron chi connectivity index (χ1n) is 4.95. The number of nitrogens with one attached hydrogen (secondary N) is 1. The van der Waals surface area contributed by atoms with Gasteiger partial charge in [0.05, 0.1) is 0 Å². The summed E-state index contributed by atoms with van der Waals surface area (Å²) in [5.41, 5.74) is -0.244. The Labute approximate surface area is 86.0 Å². The van der Waals surface area contributed by atoms with E-state index in [0.29, 0.717) is 5.82 Å². The smallest absolute Gasteiger partial charge is 0.349 e. The van der Waals surface area contributed by atoms with Crippen molar-refractivity contribution >= 4 is 5.82 Å². The Kier molecular flexibility index (Phi) is 10.6. The van der Waals surface area contributed by atoms with Crippen molar-refractivity contribution < 1.29 is 0 Å². The van der Waals surface area contributed by atoms with Crippen LogP contribution in [0, 0.1) is 0 Å². The first kappa shape index (κ1) is 15.2. The number of nitrogens with zero attached hydrogens (tertiary/aromatic N) is 2. The number of hydrogen-bond acceptors (Lipinski definition) is 3. The molecular weight excluding hydrogens is 178 g/mol. The van der Waals surface area contributed by atoms with E-state index in [4.69, 9.17) is 0 Å². The van der Waals surface area contributed by atoms with Gasteiger partial charge in [-0.3, -0.25) is 0 Å².